The first-order valence-corrected chi connectivity index (χ1v) is 6.63. The fourth-order valence-electron chi connectivity index (χ4n) is 2.14. The van der Waals surface area contributed by atoms with Gasteiger partial charge in [-0.05, 0) is 18.4 Å². The normalized spacial score (nSPS) is 16.9. The Balaban J connectivity index is 1.85. The van der Waals surface area contributed by atoms with Gasteiger partial charge in [-0.25, -0.2) is 0 Å². The Morgan fingerprint density at radius 3 is 2.60 bits per heavy atom. The van der Waals surface area contributed by atoms with Crippen molar-refractivity contribution in [3.63, 3.8) is 0 Å². The van der Waals surface area contributed by atoms with Crippen molar-refractivity contribution in [3.8, 4) is 0 Å². The van der Waals surface area contributed by atoms with Crippen molar-refractivity contribution < 1.29 is 14.7 Å². The molecule has 1 aliphatic heterocycles. The second-order valence-electron chi connectivity index (χ2n) is 4.79. The van der Waals surface area contributed by atoms with Crippen LogP contribution in [-0.4, -0.2) is 30.2 Å². The SMILES string of the molecule is NC(=NO)c1ccc(CNC(=O)C2CCOCC2)cc1. The summed E-state index contributed by atoms with van der Waals surface area (Å²) >= 11 is 0. The lowest BCUT2D eigenvalue weighted by Crippen LogP contribution is -2.33. The van der Waals surface area contributed by atoms with Gasteiger partial charge in [-0.1, -0.05) is 29.4 Å². The lowest BCUT2D eigenvalue weighted by molar-refractivity contribution is -0.128. The van der Waals surface area contributed by atoms with E-state index in [4.69, 9.17) is 15.7 Å². The molecule has 0 radical (unpaired) electrons. The summed E-state index contributed by atoms with van der Waals surface area (Å²) in [4.78, 5) is 12.0. The van der Waals surface area contributed by atoms with Crippen molar-refractivity contribution in [2.45, 2.75) is 19.4 Å². The van der Waals surface area contributed by atoms with Crippen LogP contribution in [0.15, 0.2) is 29.4 Å². The Morgan fingerprint density at radius 1 is 1.35 bits per heavy atom. The highest BCUT2D eigenvalue weighted by molar-refractivity contribution is 5.96. The van der Waals surface area contributed by atoms with E-state index >= 15 is 0 Å². The van der Waals surface area contributed by atoms with Gasteiger partial charge in [0.15, 0.2) is 5.84 Å². The van der Waals surface area contributed by atoms with Crippen molar-refractivity contribution in [3.05, 3.63) is 35.4 Å². The van der Waals surface area contributed by atoms with Crippen molar-refractivity contribution in [1.29, 1.82) is 0 Å². The summed E-state index contributed by atoms with van der Waals surface area (Å²) in [6, 6.07) is 7.20. The molecule has 4 N–H and O–H groups in total. The average Bonchev–Trinajstić information content (AvgIpc) is 2.53. The average molecular weight is 277 g/mol. The Bertz CT molecular complexity index is 479. The van der Waals surface area contributed by atoms with Gasteiger partial charge in [0, 0.05) is 31.2 Å². The Labute approximate surface area is 117 Å². The minimum Gasteiger partial charge on any atom is -0.409 e. The first-order chi connectivity index (χ1) is 9.70. The maximum Gasteiger partial charge on any atom is 0.223 e. The molecule has 6 nitrogen and oxygen atoms in total. The summed E-state index contributed by atoms with van der Waals surface area (Å²) < 4.78 is 5.24. The number of ether oxygens (including phenoxy) is 1. The summed E-state index contributed by atoms with van der Waals surface area (Å²) in [7, 11) is 0. The van der Waals surface area contributed by atoms with Gasteiger partial charge in [0.2, 0.25) is 5.91 Å². The van der Waals surface area contributed by atoms with Crippen LogP contribution in [-0.2, 0) is 16.1 Å². The Hall–Kier alpha value is -2.08. The zero-order valence-corrected chi connectivity index (χ0v) is 11.2. The number of hydrogen-bond acceptors (Lipinski definition) is 4. The molecule has 1 fully saturated rings. The van der Waals surface area contributed by atoms with Gasteiger partial charge in [0.25, 0.3) is 0 Å². The summed E-state index contributed by atoms with van der Waals surface area (Å²) in [6.45, 7) is 1.80. The molecule has 0 atom stereocenters. The minimum atomic E-state index is 0.0557. The number of nitrogens with one attached hydrogen (secondary N) is 1. The van der Waals surface area contributed by atoms with E-state index in [0.29, 0.717) is 25.3 Å². The van der Waals surface area contributed by atoms with Crippen molar-refractivity contribution in [2.24, 2.45) is 16.8 Å². The minimum absolute atomic E-state index is 0.0557. The molecule has 0 aliphatic carbocycles. The topological polar surface area (TPSA) is 96.9 Å². The maximum atomic E-state index is 12.0. The molecule has 0 unspecified atom stereocenters. The number of nitrogens with two attached hydrogens (primary N) is 1. The second-order valence-corrected chi connectivity index (χ2v) is 4.79. The number of benzene rings is 1. The first-order valence-electron chi connectivity index (χ1n) is 6.63. The number of amidine groups is 1. The predicted molar refractivity (Wildman–Crippen MR) is 74.3 cm³/mol. The fraction of sp³-hybridized carbons (Fsp3) is 0.429. The zero-order chi connectivity index (χ0) is 14.4. The van der Waals surface area contributed by atoms with E-state index < -0.39 is 0 Å². The molecular formula is C14H19N3O3. The summed E-state index contributed by atoms with van der Waals surface area (Å²) in [5.41, 5.74) is 7.10. The molecule has 20 heavy (non-hydrogen) atoms. The van der Waals surface area contributed by atoms with Crippen LogP contribution in [0.25, 0.3) is 0 Å². The molecule has 1 heterocycles. The lowest BCUT2D eigenvalue weighted by Gasteiger charge is -2.21. The molecule has 1 aliphatic rings. The van der Waals surface area contributed by atoms with E-state index in [0.717, 1.165) is 18.4 Å². The first kappa shape index (κ1) is 14.3. The van der Waals surface area contributed by atoms with Gasteiger partial charge >= 0.3 is 0 Å². The molecule has 1 aromatic rings. The molecule has 2 rings (SSSR count). The fourth-order valence-corrected chi connectivity index (χ4v) is 2.14. The molecule has 0 spiro atoms. The van der Waals surface area contributed by atoms with Crippen LogP contribution in [0.5, 0.6) is 0 Å². The van der Waals surface area contributed by atoms with Crippen LogP contribution in [0.2, 0.25) is 0 Å². The van der Waals surface area contributed by atoms with Crippen LogP contribution in [0.4, 0.5) is 0 Å². The number of nitrogens with zero attached hydrogens (tertiary/aromatic N) is 1. The lowest BCUT2D eigenvalue weighted by atomic mass is 9.99. The molecule has 1 aromatic carbocycles. The number of carbonyl (C=O) groups is 1. The molecule has 6 heteroatoms. The molecule has 0 saturated carbocycles. The quantitative estimate of drug-likeness (QED) is 0.328. The number of amides is 1. The van der Waals surface area contributed by atoms with Gasteiger partial charge in [-0.2, -0.15) is 0 Å². The molecule has 1 saturated heterocycles. The third-order valence-electron chi connectivity index (χ3n) is 3.42. The largest absolute Gasteiger partial charge is 0.409 e. The van der Waals surface area contributed by atoms with Crippen LogP contribution in [0.3, 0.4) is 0 Å². The van der Waals surface area contributed by atoms with Crippen LogP contribution >= 0.6 is 0 Å². The van der Waals surface area contributed by atoms with E-state index in [9.17, 15) is 4.79 Å². The van der Waals surface area contributed by atoms with Gasteiger partial charge in [0.05, 0.1) is 0 Å². The highest BCUT2D eigenvalue weighted by atomic mass is 16.5. The van der Waals surface area contributed by atoms with Gasteiger partial charge in [0.1, 0.15) is 0 Å². The Morgan fingerprint density at radius 2 is 2.00 bits per heavy atom. The highest BCUT2D eigenvalue weighted by Crippen LogP contribution is 2.14. The zero-order valence-electron chi connectivity index (χ0n) is 11.2. The van der Waals surface area contributed by atoms with Gasteiger partial charge in [-0.3, -0.25) is 4.79 Å². The molecule has 0 aromatic heterocycles. The molecule has 108 valence electrons. The summed E-state index contributed by atoms with van der Waals surface area (Å²) in [5.74, 6) is 0.205. The standard InChI is InChI=1S/C14H19N3O3/c15-13(17-19)11-3-1-10(2-4-11)9-16-14(18)12-5-7-20-8-6-12/h1-4,12,19H,5-9H2,(H2,15,17)(H,16,18). The summed E-state index contributed by atoms with van der Waals surface area (Å²) in [6.07, 6.45) is 1.57. The van der Waals surface area contributed by atoms with Gasteiger partial charge < -0.3 is 21.0 Å². The maximum absolute atomic E-state index is 12.0. The molecular weight excluding hydrogens is 258 g/mol. The van der Waals surface area contributed by atoms with E-state index in [-0.39, 0.29) is 17.7 Å². The Kier molecular flexibility index (Phi) is 4.95. The van der Waals surface area contributed by atoms with Crippen LogP contribution < -0.4 is 11.1 Å². The number of oxime groups is 1. The van der Waals surface area contributed by atoms with Crippen molar-refractivity contribution in [2.75, 3.05) is 13.2 Å². The van der Waals surface area contributed by atoms with E-state index in [2.05, 4.69) is 10.5 Å². The number of carbonyl (C=O) groups excluding carboxylic acids is 1. The third-order valence-corrected chi connectivity index (χ3v) is 3.42. The predicted octanol–water partition coefficient (Wildman–Crippen LogP) is 0.824. The van der Waals surface area contributed by atoms with Crippen molar-refractivity contribution in [1.82, 2.24) is 5.32 Å². The highest BCUT2D eigenvalue weighted by Gasteiger charge is 2.20. The van der Waals surface area contributed by atoms with E-state index in [1.165, 1.54) is 0 Å². The third kappa shape index (κ3) is 3.71. The van der Waals surface area contributed by atoms with Crippen LogP contribution in [0, 0.1) is 5.92 Å². The van der Waals surface area contributed by atoms with E-state index in [1.807, 2.05) is 12.1 Å². The summed E-state index contributed by atoms with van der Waals surface area (Å²) in [5, 5.41) is 14.4. The number of hydrogen-bond donors (Lipinski definition) is 3. The van der Waals surface area contributed by atoms with Gasteiger partial charge in [-0.15, -0.1) is 0 Å². The van der Waals surface area contributed by atoms with Crippen LogP contribution in [0.1, 0.15) is 24.0 Å². The monoisotopic (exact) mass is 277 g/mol. The second kappa shape index (κ2) is 6.91. The van der Waals surface area contributed by atoms with E-state index in [1.54, 1.807) is 12.1 Å². The smallest absolute Gasteiger partial charge is 0.223 e. The molecule has 1 amide bonds. The molecule has 0 bridgehead atoms. The van der Waals surface area contributed by atoms with Crippen molar-refractivity contribution >= 4 is 11.7 Å². The number of rotatable bonds is 4.